The number of aromatic nitrogens is 4. The predicted octanol–water partition coefficient (Wildman–Crippen LogP) is 1.16. The topological polar surface area (TPSA) is 68.1 Å². The summed E-state index contributed by atoms with van der Waals surface area (Å²) in [6, 6.07) is 1.82. The monoisotopic (exact) mass is 328 g/mol. The Balaban J connectivity index is 1.35. The van der Waals surface area contributed by atoms with Gasteiger partial charge in [-0.15, -0.1) is 0 Å². The Morgan fingerprint density at radius 1 is 1.25 bits per heavy atom. The summed E-state index contributed by atoms with van der Waals surface area (Å²) in [5.74, 6) is 3.03. The second kappa shape index (κ2) is 6.86. The zero-order valence-corrected chi connectivity index (χ0v) is 14.0. The maximum Gasteiger partial charge on any atom is 0.222 e. The molecule has 7 nitrogen and oxygen atoms in total. The van der Waals surface area contributed by atoms with E-state index in [9.17, 15) is 0 Å². The standard InChI is InChI=1S/C17H24N6O/c1-22-8-6-18-16(22)11-23-7-3-13-12-24-15(14(13)10-23)9-21-17-19-4-2-5-20-17/h2,4-6,8,13-15H,3,7,9-12H2,1H3,(H,19,20,21)/t13-,14-,15+/m1/s1. The summed E-state index contributed by atoms with van der Waals surface area (Å²) in [5.41, 5.74) is 0. The average Bonchev–Trinajstić information content (AvgIpc) is 3.20. The van der Waals surface area contributed by atoms with Crippen LogP contribution in [0.25, 0.3) is 0 Å². The summed E-state index contributed by atoms with van der Waals surface area (Å²) in [4.78, 5) is 15.4. The van der Waals surface area contributed by atoms with Gasteiger partial charge in [0.05, 0.1) is 19.3 Å². The fourth-order valence-corrected chi connectivity index (χ4v) is 3.78. The van der Waals surface area contributed by atoms with E-state index in [0.29, 0.717) is 17.8 Å². The first-order valence-electron chi connectivity index (χ1n) is 8.60. The van der Waals surface area contributed by atoms with Crippen LogP contribution in [-0.4, -0.2) is 56.8 Å². The van der Waals surface area contributed by atoms with Crippen molar-refractivity contribution in [2.45, 2.75) is 19.1 Å². The van der Waals surface area contributed by atoms with Crippen molar-refractivity contribution in [3.05, 3.63) is 36.7 Å². The zero-order valence-electron chi connectivity index (χ0n) is 14.0. The molecule has 2 aliphatic rings. The molecule has 1 N–H and O–H groups in total. The molecule has 3 atom stereocenters. The van der Waals surface area contributed by atoms with Gasteiger partial charge in [-0.3, -0.25) is 4.90 Å². The lowest BCUT2D eigenvalue weighted by Gasteiger charge is -2.35. The number of rotatable bonds is 5. The van der Waals surface area contributed by atoms with Crippen LogP contribution < -0.4 is 5.32 Å². The largest absolute Gasteiger partial charge is 0.376 e. The fourth-order valence-electron chi connectivity index (χ4n) is 3.78. The lowest BCUT2D eigenvalue weighted by Crippen LogP contribution is -2.43. The van der Waals surface area contributed by atoms with E-state index in [4.69, 9.17) is 4.74 Å². The average molecular weight is 328 g/mol. The molecule has 24 heavy (non-hydrogen) atoms. The number of ether oxygens (including phenoxy) is 1. The van der Waals surface area contributed by atoms with Gasteiger partial charge in [0.15, 0.2) is 0 Å². The van der Waals surface area contributed by atoms with Gasteiger partial charge in [0.2, 0.25) is 5.95 Å². The third-order valence-corrected chi connectivity index (χ3v) is 5.21. The Morgan fingerprint density at radius 3 is 2.92 bits per heavy atom. The second-order valence-corrected chi connectivity index (χ2v) is 6.73. The van der Waals surface area contributed by atoms with Crippen LogP contribution in [-0.2, 0) is 18.3 Å². The van der Waals surface area contributed by atoms with E-state index >= 15 is 0 Å². The lowest BCUT2D eigenvalue weighted by atomic mass is 9.84. The van der Waals surface area contributed by atoms with Gasteiger partial charge in [0.25, 0.3) is 0 Å². The number of imidazole rings is 1. The van der Waals surface area contributed by atoms with Crippen LogP contribution >= 0.6 is 0 Å². The number of hydrogen-bond acceptors (Lipinski definition) is 6. The fraction of sp³-hybridized carbons (Fsp3) is 0.588. The van der Waals surface area contributed by atoms with Crippen molar-refractivity contribution >= 4 is 5.95 Å². The van der Waals surface area contributed by atoms with E-state index < -0.39 is 0 Å². The molecule has 0 aromatic carbocycles. The van der Waals surface area contributed by atoms with Crippen molar-refractivity contribution in [2.75, 3.05) is 31.6 Å². The number of hydrogen-bond donors (Lipinski definition) is 1. The number of piperidine rings is 1. The SMILES string of the molecule is Cn1ccnc1CN1CC[C@@H]2CO[C@@H](CNc3ncccn3)[C@@H]2C1. The molecule has 2 aromatic heterocycles. The second-order valence-electron chi connectivity index (χ2n) is 6.73. The van der Waals surface area contributed by atoms with Crippen molar-refractivity contribution in [1.82, 2.24) is 24.4 Å². The molecule has 128 valence electrons. The predicted molar refractivity (Wildman–Crippen MR) is 90.3 cm³/mol. The molecule has 2 aromatic rings. The molecular formula is C17H24N6O. The zero-order chi connectivity index (χ0) is 16.4. The molecule has 4 rings (SSSR count). The molecule has 0 unspecified atom stereocenters. The minimum atomic E-state index is 0.225. The Kier molecular flexibility index (Phi) is 4.44. The van der Waals surface area contributed by atoms with Crippen LogP contribution in [0.4, 0.5) is 5.95 Å². The van der Waals surface area contributed by atoms with E-state index in [0.717, 1.165) is 38.6 Å². The smallest absolute Gasteiger partial charge is 0.222 e. The van der Waals surface area contributed by atoms with Crippen molar-refractivity contribution < 1.29 is 4.74 Å². The van der Waals surface area contributed by atoms with Gasteiger partial charge in [0.1, 0.15) is 5.82 Å². The Bertz CT molecular complexity index is 660. The van der Waals surface area contributed by atoms with Crippen molar-refractivity contribution in [1.29, 1.82) is 0 Å². The molecule has 0 aliphatic carbocycles. The maximum atomic E-state index is 6.06. The molecule has 2 saturated heterocycles. The van der Waals surface area contributed by atoms with Crippen LogP contribution in [0.15, 0.2) is 30.9 Å². The summed E-state index contributed by atoms with van der Waals surface area (Å²) >= 11 is 0. The molecule has 0 amide bonds. The first kappa shape index (κ1) is 15.5. The van der Waals surface area contributed by atoms with E-state index in [1.165, 1.54) is 6.42 Å². The Morgan fingerprint density at radius 2 is 2.12 bits per heavy atom. The molecule has 2 aliphatic heterocycles. The molecule has 2 fully saturated rings. The molecule has 0 radical (unpaired) electrons. The highest BCUT2D eigenvalue weighted by molar-refractivity contribution is 5.22. The van der Waals surface area contributed by atoms with Gasteiger partial charge in [-0.1, -0.05) is 0 Å². The number of nitrogens with one attached hydrogen (secondary N) is 1. The van der Waals surface area contributed by atoms with Crippen LogP contribution in [0, 0.1) is 11.8 Å². The highest BCUT2D eigenvalue weighted by atomic mass is 16.5. The third-order valence-electron chi connectivity index (χ3n) is 5.21. The summed E-state index contributed by atoms with van der Waals surface area (Å²) < 4.78 is 8.16. The Labute approximate surface area is 142 Å². The molecule has 7 heteroatoms. The van der Waals surface area contributed by atoms with Crippen molar-refractivity contribution in [3.8, 4) is 0 Å². The van der Waals surface area contributed by atoms with Gasteiger partial charge in [-0.2, -0.15) is 0 Å². The normalized spacial score (nSPS) is 27.1. The van der Waals surface area contributed by atoms with Gasteiger partial charge in [0, 0.05) is 50.8 Å². The summed E-state index contributed by atoms with van der Waals surface area (Å²) in [6.45, 7) is 4.75. The number of anilines is 1. The van der Waals surface area contributed by atoms with Crippen LogP contribution in [0.1, 0.15) is 12.2 Å². The third kappa shape index (κ3) is 3.27. The van der Waals surface area contributed by atoms with Gasteiger partial charge >= 0.3 is 0 Å². The Hall–Kier alpha value is -1.99. The quantitative estimate of drug-likeness (QED) is 0.888. The molecule has 4 heterocycles. The summed E-state index contributed by atoms with van der Waals surface area (Å²) in [6.07, 6.45) is 8.81. The number of aryl methyl sites for hydroxylation is 1. The lowest BCUT2D eigenvalue weighted by molar-refractivity contribution is 0.0821. The van der Waals surface area contributed by atoms with Gasteiger partial charge in [-0.05, 0) is 24.9 Å². The van der Waals surface area contributed by atoms with Crippen LogP contribution in [0.3, 0.4) is 0 Å². The van der Waals surface area contributed by atoms with Crippen molar-refractivity contribution in [3.63, 3.8) is 0 Å². The highest BCUT2D eigenvalue weighted by Crippen LogP contribution is 2.34. The van der Waals surface area contributed by atoms with Crippen LogP contribution in [0.2, 0.25) is 0 Å². The number of likely N-dealkylation sites (tertiary alicyclic amines) is 1. The van der Waals surface area contributed by atoms with Crippen molar-refractivity contribution in [2.24, 2.45) is 18.9 Å². The number of nitrogens with zero attached hydrogens (tertiary/aromatic N) is 5. The van der Waals surface area contributed by atoms with Gasteiger partial charge in [-0.25, -0.2) is 15.0 Å². The molecule has 0 spiro atoms. The minimum Gasteiger partial charge on any atom is -0.376 e. The van der Waals surface area contributed by atoms with E-state index in [1.807, 2.05) is 18.5 Å². The van der Waals surface area contributed by atoms with E-state index in [1.54, 1.807) is 12.4 Å². The summed E-state index contributed by atoms with van der Waals surface area (Å²) in [5, 5.41) is 3.31. The minimum absolute atomic E-state index is 0.225. The maximum absolute atomic E-state index is 6.06. The molecular weight excluding hydrogens is 304 g/mol. The first-order valence-corrected chi connectivity index (χ1v) is 8.60. The van der Waals surface area contributed by atoms with Crippen LogP contribution in [0.5, 0.6) is 0 Å². The molecule has 0 bridgehead atoms. The summed E-state index contributed by atoms with van der Waals surface area (Å²) in [7, 11) is 2.06. The highest BCUT2D eigenvalue weighted by Gasteiger charge is 2.40. The molecule has 0 saturated carbocycles. The van der Waals surface area contributed by atoms with E-state index in [-0.39, 0.29) is 6.10 Å². The van der Waals surface area contributed by atoms with E-state index in [2.05, 4.69) is 36.8 Å². The first-order chi connectivity index (χ1) is 11.8. The number of fused-ring (bicyclic) bond motifs is 1. The van der Waals surface area contributed by atoms with Gasteiger partial charge < -0.3 is 14.6 Å².